The number of aromatic amines is 1. The number of nitrogens with one attached hydrogen (secondary N) is 1. The molecule has 3 N–H and O–H groups in total. The maximum Gasteiger partial charge on any atom is 0.278 e. The minimum absolute atomic E-state index is 0.163. The Balaban J connectivity index is 2.16. The highest BCUT2D eigenvalue weighted by Gasteiger charge is 2.51. The molecule has 8 heteroatoms. The van der Waals surface area contributed by atoms with Crippen molar-refractivity contribution in [1.82, 2.24) is 19.5 Å². The average Bonchev–Trinajstić information content (AvgIpc) is 2.86. The van der Waals surface area contributed by atoms with Gasteiger partial charge >= 0.3 is 0 Å². The van der Waals surface area contributed by atoms with Crippen LogP contribution in [0.25, 0.3) is 11.2 Å². The summed E-state index contributed by atoms with van der Waals surface area (Å²) in [7, 11) is 0. The summed E-state index contributed by atoms with van der Waals surface area (Å²) in [4.78, 5) is 22.0. The van der Waals surface area contributed by atoms with Gasteiger partial charge in [-0.05, 0) is 13.8 Å². The van der Waals surface area contributed by atoms with Gasteiger partial charge in [0.2, 0.25) is 0 Å². The van der Waals surface area contributed by atoms with Crippen molar-refractivity contribution in [3.63, 3.8) is 0 Å². The van der Waals surface area contributed by atoms with Crippen molar-refractivity contribution >= 4 is 11.2 Å². The Morgan fingerprint density at radius 3 is 2.89 bits per heavy atom. The minimum Gasteiger partial charge on any atom is -0.387 e. The zero-order valence-corrected chi connectivity index (χ0v) is 10.4. The van der Waals surface area contributed by atoms with Gasteiger partial charge in [-0.25, -0.2) is 9.97 Å². The largest absolute Gasteiger partial charge is 0.387 e. The van der Waals surface area contributed by atoms with Crippen LogP contribution in [0.5, 0.6) is 0 Å². The lowest BCUT2D eigenvalue weighted by molar-refractivity contribution is -0.0936. The number of ether oxygens (including phenoxy) is 1. The fourth-order valence-electron chi connectivity index (χ4n) is 2.42. The predicted octanol–water partition coefficient (Wildman–Crippen LogP) is -0.851. The van der Waals surface area contributed by atoms with Crippen molar-refractivity contribution < 1.29 is 14.9 Å². The Morgan fingerprint density at radius 1 is 1.53 bits per heavy atom. The SMILES string of the molecule is C[C@H]1O[C@@H](n2cnc3c(=O)[nH]cnc32)[C@@](C)(O)C1O. The Kier molecular flexibility index (Phi) is 2.49. The monoisotopic (exact) mass is 266 g/mol. The molecule has 0 bridgehead atoms. The fourth-order valence-corrected chi connectivity index (χ4v) is 2.42. The van der Waals surface area contributed by atoms with E-state index in [1.807, 2.05) is 0 Å². The van der Waals surface area contributed by atoms with Crippen molar-refractivity contribution in [2.75, 3.05) is 0 Å². The third-order valence-electron chi connectivity index (χ3n) is 3.50. The summed E-state index contributed by atoms with van der Waals surface area (Å²) in [6.07, 6.45) is 0.219. The smallest absolute Gasteiger partial charge is 0.278 e. The Labute approximate surface area is 107 Å². The van der Waals surface area contributed by atoms with E-state index in [0.29, 0.717) is 5.65 Å². The summed E-state index contributed by atoms with van der Waals surface area (Å²) in [5, 5.41) is 20.3. The van der Waals surface area contributed by atoms with Gasteiger partial charge in [0.15, 0.2) is 17.4 Å². The molecule has 1 saturated heterocycles. The number of rotatable bonds is 1. The number of aromatic nitrogens is 4. The van der Waals surface area contributed by atoms with Crippen LogP contribution in [0.2, 0.25) is 0 Å². The molecular weight excluding hydrogens is 252 g/mol. The van der Waals surface area contributed by atoms with Gasteiger partial charge in [-0.15, -0.1) is 0 Å². The lowest BCUT2D eigenvalue weighted by Crippen LogP contribution is -2.43. The second-order valence-corrected chi connectivity index (χ2v) is 4.92. The minimum atomic E-state index is -1.49. The van der Waals surface area contributed by atoms with Gasteiger partial charge in [-0.3, -0.25) is 9.36 Å². The van der Waals surface area contributed by atoms with Crippen LogP contribution in [0, 0.1) is 0 Å². The molecule has 0 spiro atoms. The molecule has 1 fully saturated rings. The van der Waals surface area contributed by atoms with Gasteiger partial charge in [-0.1, -0.05) is 0 Å². The van der Waals surface area contributed by atoms with Crippen molar-refractivity contribution in [2.24, 2.45) is 0 Å². The van der Waals surface area contributed by atoms with Crippen molar-refractivity contribution in [3.8, 4) is 0 Å². The highest BCUT2D eigenvalue weighted by molar-refractivity contribution is 5.68. The molecule has 1 aliphatic rings. The van der Waals surface area contributed by atoms with Crippen molar-refractivity contribution in [1.29, 1.82) is 0 Å². The molecular formula is C11H14N4O4. The normalized spacial score (nSPS) is 35.1. The van der Waals surface area contributed by atoms with E-state index in [-0.39, 0.29) is 11.1 Å². The lowest BCUT2D eigenvalue weighted by atomic mass is 9.97. The third kappa shape index (κ3) is 1.61. The number of imidazole rings is 1. The topological polar surface area (TPSA) is 113 Å². The van der Waals surface area contributed by atoms with Crippen LogP contribution in [0.3, 0.4) is 0 Å². The maximum atomic E-state index is 11.6. The molecule has 4 atom stereocenters. The zero-order chi connectivity index (χ0) is 13.8. The van der Waals surface area contributed by atoms with Crippen LogP contribution in [-0.4, -0.2) is 47.5 Å². The first-order valence-electron chi connectivity index (χ1n) is 5.89. The van der Waals surface area contributed by atoms with Gasteiger partial charge in [0.05, 0.1) is 18.8 Å². The molecule has 102 valence electrons. The molecule has 0 saturated carbocycles. The molecule has 0 radical (unpaired) electrons. The van der Waals surface area contributed by atoms with Crippen LogP contribution in [0.15, 0.2) is 17.4 Å². The van der Waals surface area contributed by atoms with Crippen LogP contribution in [0.1, 0.15) is 20.1 Å². The first kappa shape index (κ1) is 12.3. The van der Waals surface area contributed by atoms with Crippen LogP contribution >= 0.6 is 0 Å². The molecule has 1 aliphatic heterocycles. The molecule has 3 rings (SSSR count). The van der Waals surface area contributed by atoms with E-state index in [1.165, 1.54) is 24.1 Å². The highest BCUT2D eigenvalue weighted by Crippen LogP contribution is 2.38. The molecule has 19 heavy (non-hydrogen) atoms. The van der Waals surface area contributed by atoms with E-state index in [9.17, 15) is 15.0 Å². The van der Waals surface area contributed by atoms with Crippen LogP contribution in [0.4, 0.5) is 0 Å². The standard InChI is InChI=1S/C11H14N4O4/c1-5-7(16)11(2,18)10(19-5)15-4-14-6-8(15)12-3-13-9(6)17/h3-5,7,10,16,18H,1-2H3,(H,12,13,17)/t5-,7?,10-,11+/m1/s1. The summed E-state index contributed by atoms with van der Waals surface area (Å²) in [5.41, 5.74) is -1.39. The number of aliphatic hydroxyl groups is 2. The van der Waals surface area contributed by atoms with E-state index in [1.54, 1.807) is 6.92 Å². The molecule has 0 amide bonds. The average molecular weight is 266 g/mol. The zero-order valence-electron chi connectivity index (χ0n) is 10.4. The first-order chi connectivity index (χ1) is 8.93. The van der Waals surface area contributed by atoms with E-state index >= 15 is 0 Å². The second-order valence-electron chi connectivity index (χ2n) is 4.92. The maximum absolute atomic E-state index is 11.6. The van der Waals surface area contributed by atoms with E-state index in [4.69, 9.17) is 4.74 Å². The quantitative estimate of drug-likeness (QED) is 0.619. The molecule has 0 aliphatic carbocycles. The molecule has 1 unspecified atom stereocenters. The molecule has 2 aromatic heterocycles. The Morgan fingerprint density at radius 2 is 2.26 bits per heavy atom. The van der Waals surface area contributed by atoms with Gasteiger partial charge < -0.3 is 19.9 Å². The molecule has 8 nitrogen and oxygen atoms in total. The molecule has 0 aromatic carbocycles. The van der Waals surface area contributed by atoms with E-state index in [2.05, 4.69) is 15.0 Å². The molecule has 3 heterocycles. The summed E-state index contributed by atoms with van der Waals surface area (Å²) in [5.74, 6) is 0. The predicted molar refractivity (Wildman–Crippen MR) is 64.4 cm³/mol. The molecule has 2 aromatic rings. The summed E-state index contributed by atoms with van der Waals surface area (Å²) >= 11 is 0. The van der Waals surface area contributed by atoms with E-state index < -0.39 is 24.0 Å². The van der Waals surface area contributed by atoms with Gasteiger partial charge in [0, 0.05) is 0 Å². The van der Waals surface area contributed by atoms with Crippen molar-refractivity contribution in [3.05, 3.63) is 23.0 Å². The number of fused-ring (bicyclic) bond motifs is 1. The van der Waals surface area contributed by atoms with Crippen LogP contribution in [-0.2, 0) is 4.74 Å². The van der Waals surface area contributed by atoms with Gasteiger partial charge in [-0.2, -0.15) is 0 Å². The summed E-state index contributed by atoms with van der Waals surface area (Å²) in [6.45, 7) is 3.14. The Hall–Kier alpha value is -1.77. The summed E-state index contributed by atoms with van der Waals surface area (Å²) < 4.78 is 7.01. The third-order valence-corrected chi connectivity index (χ3v) is 3.50. The number of aliphatic hydroxyl groups excluding tert-OH is 1. The summed E-state index contributed by atoms with van der Waals surface area (Å²) in [6, 6.07) is 0. The number of H-pyrrole nitrogens is 1. The fraction of sp³-hybridized carbons (Fsp3) is 0.545. The van der Waals surface area contributed by atoms with Gasteiger partial charge in [0.1, 0.15) is 11.7 Å². The number of hydrogen-bond acceptors (Lipinski definition) is 6. The Bertz CT molecular complexity index is 677. The number of nitrogens with zero attached hydrogens (tertiary/aromatic N) is 3. The highest BCUT2D eigenvalue weighted by atomic mass is 16.6. The van der Waals surface area contributed by atoms with Crippen molar-refractivity contribution in [2.45, 2.75) is 37.9 Å². The van der Waals surface area contributed by atoms with Gasteiger partial charge in [0.25, 0.3) is 5.56 Å². The lowest BCUT2D eigenvalue weighted by Gasteiger charge is -2.27. The van der Waals surface area contributed by atoms with Crippen LogP contribution < -0.4 is 5.56 Å². The second kappa shape index (κ2) is 3.86. The van der Waals surface area contributed by atoms with E-state index in [0.717, 1.165) is 0 Å². The first-order valence-corrected chi connectivity index (χ1v) is 5.89. The number of hydrogen-bond donors (Lipinski definition) is 3.